The van der Waals surface area contributed by atoms with Gasteiger partial charge < -0.3 is 18.8 Å². The van der Waals surface area contributed by atoms with E-state index in [1.807, 2.05) is 0 Å². The van der Waals surface area contributed by atoms with Crippen molar-refractivity contribution in [3.63, 3.8) is 0 Å². The topological polar surface area (TPSA) is 136 Å². The SMILES string of the molecule is Cn1cnnc1S(=O)(=O)C[C@@]1(c2ccc(Cl)cc2)OC[C@@H](COc2ccc([N+](=O)[O-])cc2)O1. The zero-order valence-corrected chi connectivity index (χ0v) is 18.9. The molecule has 13 heteroatoms. The van der Waals surface area contributed by atoms with Gasteiger partial charge in [0.1, 0.15) is 30.5 Å². The molecule has 0 N–H and O–H groups in total. The highest BCUT2D eigenvalue weighted by Crippen LogP contribution is 2.37. The number of nitro benzene ring substituents is 1. The average Bonchev–Trinajstić information content (AvgIpc) is 3.40. The van der Waals surface area contributed by atoms with E-state index in [0.29, 0.717) is 16.3 Å². The molecule has 2 aromatic carbocycles. The van der Waals surface area contributed by atoms with Gasteiger partial charge in [0.15, 0.2) is 0 Å². The Morgan fingerprint density at radius 2 is 1.94 bits per heavy atom. The number of hydrogen-bond donors (Lipinski definition) is 0. The molecule has 1 aromatic heterocycles. The first-order valence-corrected chi connectivity index (χ1v) is 11.7. The highest BCUT2D eigenvalue weighted by atomic mass is 35.5. The van der Waals surface area contributed by atoms with Crippen LogP contribution >= 0.6 is 11.6 Å². The number of halogens is 1. The van der Waals surface area contributed by atoms with Crippen molar-refractivity contribution < 1.29 is 27.6 Å². The third kappa shape index (κ3) is 4.98. The van der Waals surface area contributed by atoms with E-state index in [1.165, 1.54) is 42.2 Å². The molecule has 1 saturated heterocycles. The molecular formula is C20H19ClN4O7S. The molecule has 0 unspecified atom stereocenters. The Labute approximate surface area is 193 Å². The van der Waals surface area contributed by atoms with Crippen molar-refractivity contribution in [1.82, 2.24) is 14.8 Å². The van der Waals surface area contributed by atoms with Crippen LogP contribution in [0.5, 0.6) is 5.75 Å². The van der Waals surface area contributed by atoms with Crippen LogP contribution in [0.1, 0.15) is 5.56 Å². The number of nitrogens with zero attached hydrogens (tertiary/aromatic N) is 4. The molecule has 0 amide bonds. The van der Waals surface area contributed by atoms with Gasteiger partial charge in [-0.1, -0.05) is 23.7 Å². The second kappa shape index (κ2) is 9.06. The molecule has 33 heavy (non-hydrogen) atoms. The number of sulfone groups is 1. The zero-order valence-electron chi connectivity index (χ0n) is 17.3. The third-order valence-corrected chi connectivity index (χ3v) is 6.89. The Morgan fingerprint density at radius 1 is 1.24 bits per heavy atom. The lowest BCUT2D eigenvalue weighted by Crippen LogP contribution is -2.37. The van der Waals surface area contributed by atoms with E-state index in [2.05, 4.69) is 10.2 Å². The standard InChI is InChI=1S/C20H19ClN4O7S/c1-24-13-22-23-19(24)33(28,29)12-20(14-2-4-15(21)5-3-14)31-11-18(32-20)10-30-17-8-6-16(7-9-17)25(26)27/h2-9,13,18H,10-12H2,1H3/t18-,20-/m1/s1. The molecule has 0 radical (unpaired) electrons. The molecule has 1 aliphatic rings. The fraction of sp³-hybridized carbons (Fsp3) is 0.300. The molecule has 174 valence electrons. The van der Waals surface area contributed by atoms with E-state index in [0.717, 1.165) is 0 Å². The average molecular weight is 495 g/mol. The van der Waals surface area contributed by atoms with Crippen molar-refractivity contribution in [3.05, 3.63) is 75.6 Å². The van der Waals surface area contributed by atoms with Gasteiger partial charge in [0, 0.05) is 29.8 Å². The quantitative estimate of drug-likeness (QED) is 0.341. The number of ether oxygens (including phenoxy) is 3. The molecular weight excluding hydrogens is 476 g/mol. The lowest BCUT2D eigenvalue weighted by molar-refractivity contribution is -0.384. The summed E-state index contributed by atoms with van der Waals surface area (Å²) in [6, 6.07) is 12.1. The Kier molecular flexibility index (Phi) is 6.34. The van der Waals surface area contributed by atoms with Gasteiger partial charge in [0.2, 0.25) is 20.8 Å². The Bertz CT molecular complexity index is 1250. The van der Waals surface area contributed by atoms with Crippen LogP contribution in [0.2, 0.25) is 5.02 Å². The molecule has 0 saturated carbocycles. The number of hydrogen-bond acceptors (Lipinski definition) is 9. The summed E-state index contributed by atoms with van der Waals surface area (Å²) in [6.45, 7) is 0.0983. The summed E-state index contributed by atoms with van der Waals surface area (Å²) >= 11 is 5.99. The minimum absolute atomic E-state index is 0.0388. The largest absolute Gasteiger partial charge is 0.491 e. The first-order chi connectivity index (χ1) is 15.7. The molecule has 2 heterocycles. The molecule has 0 bridgehead atoms. The highest BCUT2D eigenvalue weighted by molar-refractivity contribution is 7.91. The summed E-state index contributed by atoms with van der Waals surface area (Å²) in [5.74, 6) is -1.75. The van der Waals surface area contributed by atoms with Gasteiger partial charge in [-0.15, -0.1) is 10.2 Å². The third-order valence-electron chi connectivity index (χ3n) is 4.95. The van der Waals surface area contributed by atoms with Crippen molar-refractivity contribution in [2.45, 2.75) is 17.0 Å². The van der Waals surface area contributed by atoms with Crippen LogP contribution in [0, 0.1) is 10.1 Å². The number of aryl methyl sites for hydroxylation is 1. The fourth-order valence-electron chi connectivity index (χ4n) is 3.38. The molecule has 11 nitrogen and oxygen atoms in total. The molecule has 0 aliphatic carbocycles. The van der Waals surface area contributed by atoms with Gasteiger partial charge >= 0.3 is 0 Å². The first-order valence-electron chi connectivity index (χ1n) is 9.70. The van der Waals surface area contributed by atoms with Crippen molar-refractivity contribution >= 4 is 27.1 Å². The molecule has 1 fully saturated rings. The summed E-state index contributed by atoms with van der Waals surface area (Å²) in [6.07, 6.45) is 0.685. The minimum Gasteiger partial charge on any atom is -0.491 e. The summed E-state index contributed by atoms with van der Waals surface area (Å²) in [4.78, 5) is 10.3. The van der Waals surface area contributed by atoms with Crippen molar-refractivity contribution in [3.8, 4) is 5.75 Å². The predicted octanol–water partition coefficient (Wildman–Crippen LogP) is 2.50. The monoisotopic (exact) mass is 494 g/mol. The Morgan fingerprint density at radius 3 is 2.55 bits per heavy atom. The van der Waals surface area contributed by atoms with Crippen molar-refractivity contribution in [2.24, 2.45) is 7.05 Å². The van der Waals surface area contributed by atoms with Crippen LogP contribution in [-0.2, 0) is 32.1 Å². The molecule has 2 atom stereocenters. The zero-order chi connectivity index (χ0) is 23.6. The number of nitro groups is 1. The van der Waals surface area contributed by atoms with Crippen LogP contribution in [0.25, 0.3) is 0 Å². The Hall–Kier alpha value is -3.06. The van der Waals surface area contributed by atoms with E-state index < -0.39 is 32.4 Å². The number of aromatic nitrogens is 3. The maximum atomic E-state index is 13.1. The summed E-state index contributed by atoms with van der Waals surface area (Å²) in [7, 11) is -2.42. The van der Waals surface area contributed by atoms with Crippen LogP contribution in [0.4, 0.5) is 5.69 Å². The second-order valence-electron chi connectivity index (χ2n) is 7.36. The normalized spacial score (nSPS) is 20.6. The smallest absolute Gasteiger partial charge is 0.269 e. The Balaban J connectivity index is 1.54. The second-order valence-corrected chi connectivity index (χ2v) is 9.68. The van der Waals surface area contributed by atoms with E-state index >= 15 is 0 Å². The van der Waals surface area contributed by atoms with E-state index in [-0.39, 0.29) is 24.1 Å². The lowest BCUT2D eigenvalue weighted by Gasteiger charge is -2.28. The van der Waals surface area contributed by atoms with Gasteiger partial charge in [0.05, 0.1) is 11.5 Å². The summed E-state index contributed by atoms with van der Waals surface area (Å²) < 4.78 is 45.2. The number of rotatable bonds is 8. The van der Waals surface area contributed by atoms with Crippen LogP contribution in [0.15, 0.2) is 60.0 Å². The van der Waals surface area contributed by atoms with E-state index in [1.54, 1.807) is 24.3 Å². The molecule has 3 aromatic rings. The van der Waals surface area contributed by atoms with Gasteiger partial charge in [-0.2, -0.15) is 0 Å². The van der Waals surface area contributed by atoms with Gasteiger partial charge in [-0.3, -0.25) is 10.1 Å². The predicted molar refractivity (Wildman–Crippen MR) is 116 cm³/mol. The first kappa shape index (κ1) is 23.1. The van der Waals surface area contributed by atoms with Gasteiger partial charge in [-0.05, 0) is 24.3 Å². The molecule has 1 aliphatic heterocycles. The summed E-state index contributed by atoms with van der Waals surface area (Å²) in [5, 5.41) is 18.4. The van der Waals surface area contributed by atoms with Gasteiger partial charge in [0.25, 0.3) is 5.69 Å². The van der Waals surface area contributed by atoms with E-state index in [9.17, 15) is 18.5 Å². The minimum atomic E-state index is -3.95. The van der Waals surface area contributed by atoms with E-state index in [4.69, 9.17) is 25.8 Å². The number of non-ortho nitro benzene ring substituents is 1. The molecule has 4 rings (SSSR count). The fourth-order valence-corrected chi connectivity index (χ4v) is 5.11. The highest BCUT2D eigenvalue weighted by Gasteiger charge is 2.48. The molecule has 0 spiro atoms. The van der Waals surface area contributed by atoms with Crippen molar-refractivity contribution in [1.29, 1.82) is 0 Å². The van der Waals surface area contributed by atoms with Crippen molar-refractivity contribution in [2.75, 3.05) is 19.0 Å². The van der Waals surface area contributed by atoms with Crippen LogP contribution in [-0.4, -0.2) is 53.2 Å². The lowest BCUT2D eigenvalue weighted by atomic mass is 10.1. The van der Waals surface area contributed by atoms with Crippen LogP contribution in [0.3, 0.4) is 0 Å². The maximum absolute atomic E-state index is 13.1. The number of benzene rings is 2. The summed E-state index contributed by atoms with van der Waals surface area (Å²) in [5.41, 5.74) is 0.411. The maximum Gasteiger partial charge on any atom is 0.269 e. The van der Waals surface area contributed by atoms with Crippen LogP contribution < -0.4 is 4.74 Å². The van der Waals surface area contributed by atoms with Gasteiger partial charge in [-0.25, -0.2) is 8.42 Å².